The SMILES string of the molecule is CCOP(=O)(OCC)N1CCN2c3ncccc3Cc3ccccc3C2C1. The zero-order chi connectivity index (χ0) is 18.9. The fourth-order valence-electron chi connectivity index (χ4n) is 4.09. The van der Waals surface area contributed by atoms with Crippen molar-refractivity contribution in [2.75, 3.05) is 37.7 Å². The van der Waals surface area contributed by atoms with Crippen LogP contribution >= 0.6 is 7.75 Å². The lowest BCUT2D eigenvalue weighted by atomic mass is 9.96. The van der Waals surface area contributed by atoms with Crippen LogP contribution in [0.5, 0.6) is 0 Å². The van der Waals surface area contributed by atoms with Gasteiger partial charge in [-0.3, -0.25) is 9.05 Å². The number of fused-ring (bicyclic) bond motifs is 5. The van der Waals surface area contributed by atoms with Crippen LogP contribution in [0.1, 0.15) is 36.6 Å². The van der Waals surface area contributed by atoms with Gasteiger partial charge in [-0.05, 0) is 36.6 Å². The van der Waals surface area contributed by atoms with Gasteiger partial charge in [0.25, 0.3) is 0 Å². The molecule has 0 radical (unpaired) electrons. The first-order chi connectivity index (χ1) is 13.2. The molecular weight excluding hydrogens is 361 g/mol. The van der Waals surface area contributed by atoms with E-state index in [-0.39, 0.29) is 6.04 Å². The fourth-order valence-corrected chi connectivity index (χ4v) is 5.83. The second-order valence-corrected chi connectivity index (χ2v) is 8.81. The molecule has 7 heteroatoms. The summed E-state index contributed by atoms with van der Waals surface area (Å²) in [5.74, 6) is 1.03. The summed E-state index contributed by atoms with van der Waals surface area (Å²) in [5, 5.41) is 0. The van der Waals surface area contributed by atoms with Crippen molar-refractivity contribution >= 4 is 13.6 Å². The minimum absolute atomic E-state index is 0.0698. The third-order valence-corrected chi connectivity index (χ3v) is 7.45. The number of piperazine rings is 1. The van der Waals surface area contributed by atoms with Crippen molar-refractivity contribution in [3.63, 3.8) is 0 Å². The van der Waals surface area contributed by atoms with Gasteiger partial charge in [0.2, 0.25) is 0 Å². The summed E-state index contributed by atoms with van der Waals surface area (Å²) in [4.78, 5) is 7.03. The molecule has 0 N–H and O–H groups in total. The molecular formula is C20H26N3O3P. The average molecular weight is 387 g/mol. The fraction of sp³-hybridized carbons (Fsp3) is 0.450. The molecule has 1 aromatic heterocycles. The molecule has 1 atom stereocenters. The number of pyridine rings is 1. The molecule has 1 unspecified atom stereocenters. The molecule has 1 saturated heterocycles. The van der Waals surface area contributed by atoms with E-state index in [2.05, 4.69) is 40.2 Å². The molecule has 6 nitrogen and oxygen atoms in total. The van der Waals surface area contributed by atoms with E-state index < -0.39 is 7.75 Å². The van der Waals surface area contributed by atoms with Crippen molar-refractivity contribution in [1.29, 1.82) is 0 Å². The van der Waals surface area contributed by atoms with Gasteiger partial charge < -0.3 is 4.90 Å². The van der Waals surface area contributed by atoms with Crippen molar-refractivity contribution in [2.24, 2.45) is 0 Å². The van der Waals surface area contributed by atoms with Gasteiger partial charge in [0.05, 0.1) is 19.3 Å². The summed E-state index contributed by atoms with van der Waals surface area (Å²) in [6, 6.07) is 12.7. The largest absolute Gasteiger partial charge is 0.408 e. The number of nitrogens with zero attached hydrogens (tertiary/aromatic N) is 3. The van der Waals surface area contributed by atoms with E-state index in [9.17, 15) is 4.57 Å². The van der Waals surface area contributed by atoms with Crippen molar-refractivity contribution in [3.05, 3.63) is 59.3 Å². The summed E-state index contributed by atoms with van der Waals surface area (Å²) in [6.07, 6.45) is 2.71. The van der Waals surface area contributed by atoms with Crippen LogP contribution in [0.3, 0.4) is 0 Å². The summed E-state index contributed by atoms with van der Waals surface area (Å²) in [6.45, 7) is 6.36. The third kappa shape index (κ3) is 3.43. The molecule has 1 fully saturated rings. The molecule has 2 aliphatic heterocycles. The first kappa shape index (κ1) is 18.6. The summed E-state index contributed by atoms with van der Waals surface area (Å²) in [5.41, 5.74) is 3.79. The number of hydrogen-bond donors (Lipinski definition) is 0. The van der Waals surface area contributed by atoms with Crippen molar-refractivity contribution in [3.8, 4) is 0 Å². The van der Waals surface area contributed by atoms with Crippen LogP contribution in [0.2, 0.25) is 0 Å². The lowest BCUT2D eigenvalue weighted by molar-refractivity contribution is 0.157. The van der Waals surface area contributed by atoms with Gasteiger partial charge in [-0.25, -0.2) is 14.2 Å². The lowest BCUT2D eigenvalue weighted by Gasteiger charge is -2.43. The van der Waals surface area contributed by atoms with Crippen molar-refractivity contribution in [1.82, 2.24) is 9.65 Å². The first-order valence-corrected chi connectivity index (χ1v) is 11.1. The molecule has 0 spiro atoms. The second kappa shape index (κ2) is 7.72. The molecule has 1 aromatic carbocycles. The lowest BCUT2D eigenvalue weighted by Crippen LogP contribution is -2.47. The number of benzene rings is 1. The molecule has 144 valence electrons. The highest BCUT2D eigenvalue weighted by molar-refractivity contribution is 7.51. The molecule has 27 heavy (non-hydrogen) atoms. The van der Waals surface area contributed by atoms with Crippen LogP contribution in [0, 0.1) is 0 Å². The Morgan fingerprint density at radius 3 is 2.59 bits per heavy atom. The van der Waals surface area contributed by atoms with E-state index in [1.807, 2.05) is 30.8 Å². The van der Waals surface area contributed by atoms with Gasteiger partial charge in [0, 0.05) is 32.3 Å². The Morgan fingerprint density at radius 2 is 1.81 bits per heavy atom. The van der Waals surface area contributed by atoms with Gasteiger partial charge in [-0.2, -0.15) is 0 Å². The maximum atomic E-state index is 13.3. The molecule has 0 aliphatic carbocycles. The van der Waals surface area contributed by atoms with E-state index in [0.29, 0.717) is 26.3 Å². The van der Waals surface area contributed by atoms with Crippen molar-refractivity contribution in [2.45, 2.75) is 26.3 Å². The molecule has 2 aromatic rings. The van der Waals surface area contributed by atoms with Crippen LogP contribution < -0.4 is 4.90 Å². The minimum Gasteiger partial charge on any atom is -0.347 e. The summed E-state index contributed by atoms with van der Waals surface area (Å²) in [7, 11) is -3.28. The predicted molar refractivity (Wildman–Crippen MR) is 106 cm³/mol. The zero-order valence-electron chi connectivity index (χ0n) is 15.9. The molecule has 2 aliphatic rings. The zero-order valence-corrected chi connectivity index (χ0v) is 16.8. The van der Waals surface area contributed by atoms with E-state index in [4.69, 9.17) is 9.05 Å². The van der Waals surface area contributed by atoms with Gasteiger partial charge >= 0.3 is 7.75 Å². The highest BCUT2D eigenvalue weighted by Crippen LogP contribution is 2.54. The normalized spacial score (nSPS) is 19.8. The number of anilines is 1. The van der Waals surface area contributed by atoms with Crippen LogP contribution in [-0.4, -0.2) is 42.5 Å². The van der Waals surface area contributed by atoms with Crippen LogP contribution in [-0.2, 0) is 20.0 Å². The smallest absolute Gasteiger partial charge is 0.347 e. The minimum atomic E-state index is -3.28. The maximum Gasteiger partial charge on any atom is 0.408 e. The molecule has 0 saturated carbocycles. The summed E-state index contributed by atoms with van der Waals surface area (Å²) >= 11 is 0. The van der Waals surface area contributed by atoms with Crippen molar-refractivity contribution < 1.29 is 13.6 Å². The number of hydrogen-bond acceptors (Lipinski definition) is 5. The van der Waals surface area contributed by atoms with E-state index >= 15 is 0 Å². The quantitative estimate of drug-likeness (QED) is 0.722. The molecule has 3 heterocycles. The monoisotopic (exact) mass is 387 g/mol. The Balaban J connectivity index is 1.74. The second-order valence-electron chi connectivity index (χ2n) is 6.79. The predicted octanol–water partition coefficient (Wildman–Crippen LogP) is 4.03. The topological polar surface area (TPSA) is 54.9 Å². The highest BCUT2D eigenvalue weighted by Gasteiger charge is 2.41. The van der Waals surface area contributed by atoms with Crippen LogP contribution in [0.25, 0.3) is 0 Å². The van der Waals surface area contributed by atoms with E-state index in [0.717, 1.165) is 18.8 Å². The van der Waals surface area contributed by atoms with Gasteiger partial charge in [-0.15, -0.1) is 0 Å². The van der Waals surface area contributed by atoms with E-state index in [1.165, 1.54) is 16.7 Å². The molecule has 0 bridgehead atoms. The average Bonchev–Trinajstić information content (AvgIpc) is 2.82. The summed E-state index contributed by atoms with van der Waals surface area (Å²) < 4.78 is 26.4. The first-order valence-electron chi connectivity index (χ1n) is 9.59. The Morgan fingerprint density at radius 1 is 1.07 bits per heavy atom. The van der Waals surface area contributed by atoms with Gasteiger partial charge in [0.1, 0.15) is 5.82 Å². The van der Waals surface area contributed by atoms with E-state index in [1.54, 1.807) is 0 Å². The molecule has 4 rings (SSSR count). The molecule has 0 amide bonds. The Kier molecular flexibility index (Phi) is 5.33. The third-order valence-electron chi connectivity index (χ3n) is 5.22. The standard InChI is InChI=1S/C20H26N3O3P/c1-3-25-27(24,26-4-2)22-12-13-23-19(15-22)18-10-6-5-8-16(18)14-17-9-7-11-21-20(17)23/h5-11,19H,3-4,12-15H2,1-2H3. The Hall–Kier alpha value is -1.72. The van der Waals surface area contributed by atoms with Crippen LogP contribution in [0.15, 0.2) is 42.6 Å². The Bertz CT molecular complexity index is 850. The highest BCUT2D eigenvalue weighted by atomic mass is 31.2. The Labute approximate surface area is 160 Å². The maximum absolute atomic E-state index is 13.3. The van der Waals surface area contributed by atoms with Gasteiger partial charge in [-0.1, -0.05) is 30.3 Å². The van der Waals surface area contributed by atoms with Gasteiger partial charge in [0.15, 0.2) is 0 Å². The van der Waals surface area contributed by atoms with Crippen LogP contribution in [0.4, 0.5) is 5.82 Å². The number of aromatic nitrogens is 1. The number of rotatable bonds is 5.